The SMILES string of the molecule is CCC(N)(CC)CNc1c(F)c(F)c(F)c(F)c1F. The molecule has 0 heterocycles. The van der Waals surface area contributed by atoms with Crippen LogP contribution in [0.15, 0.2) is 0 Å². The molecular weight excluding hydrogens is 267 g/mol. The van der Waals surface area contributed by atoms with Gasteiger partial charge in [-0.05, 0) is 12.8 Å². The molecule has 108 valence electrons. The standard InChI is InChI=1S/C12H15F5N2/c1-3-12(18,4-2)5-19-11-9(16)7(14)6(13)8(15)10(11)17/h19H,3-5,18H2,1-2H3. The van der Waals surface area contributed by atoms with Gasteiger partial charge in [0.15, 0.2) is 23.3 Å². The van der Waals surface area contributed by atoms with E-state index in [2.05, 4.69) is 5.32 Å². The Labute approximate surface area is 107 Å². The molecular formula is C12H15F5N2. The first-order valence-electron chi connectivity index (χ1n) is 5.81. The van der Waals surface area contributed by atoms with Crippen molar-refractivity contribution in [3.05, 3.63) is 29.1 Å². The Hall–Kier alpha value is -1.37. The van der Waals surface area contributed by atoms with E-state index >= 15 is 0 Å². The zero-order valence-electron chi connectivity index (χ0n) is 10.6. The Balaban J connectivity index is 3.09. The number of hydrogen-bond acceptors (Lipinski definition) is 2. The molecule has 0 aliphatic heterocycles. The normalized spacial score (nSPS) is 11.8. The largest absolute Gasteiger partial charge is 0.378 e. The summed E-state index contributed by atoms with van der Waals surface area (Å²) in [6.07, 6.45) is 0.984. The molecule has 19 heavy (non-hydrogen) atoms. The number of rotatable bonds is 5. The van der Waals surface area contributed by atoms with Crippen LogP contribution in [0.4, 0.5) is 27.6 Å². The van der Waals surface area contributed by atoms with E-state index in [0.29, 0.717) is 12.8 Å². The van der Waals surface area contributed by atoms with Crippen LogP contribution in [0, 0.1) is 29.1 Å². The molecule has 0 aromatic heterocycles. The van der Waals surface area contributed by atoms with Crippen molar-refractivity contribution in [3.8, 4) is 0 Å². The van der Waals surface area contributed by atoms with Crippen molar-refractivity contribution in [2.24, 2.45) is 5.73 Å². The minimum absolute atomic E-state index is 0.0989. The number of halogens is 5. The van der Waals surface area contributed by atoms with Gasteiger partial charge in [0.1, 0.15) is 5.69 Å². The van der Waals surface area contributed by atoms with Gasteiger partial charge in [-0.15, -0.1) is 0 Å². The second-order valence-electron chi connectivity index (χ2n) is 4.37. The summed E-state index contributed by atoms with van der Waals surface area (Å²) in [7, 11) is 0. The summed E-state index contributed by atoms with van der Waals surface area (Å²) in [6.45, 7) is 3.44. The molecule has 0 fully saturated rings. The summed E-state index contributed by atoms with van der Waals surface area (Å²) >= 11 is 0. The molecule has 1 aromatic rings. The van der Waals surface area contributed by atoms with Crippen molar-refractivity contribution in [1.29, 1.82) is 0 Å². The van der Waals surface area contributed by atoms with E-state index < -0.39 is 40.3 Å². The zero-order valence-corrected chi connectivity index (χ0v) is 10.6. The average molecular weight is 282 g/mol. The van der Waals surface area contributed by atoms with Crippen LogP contribution in [0.3, 0.4) is 0 Å². The fraction of sp³-hybridized carbons (Fsp3) is 0.500. The van der Waals surface area contributed by atoms with E-state index in [1.54, 1.807) is 13.8 Å². The van der Waals surface area contributed by atoms with Gasteiger partial charge >= 0.3 is 0 Å². The first-order valence-corrected chi connectivity index (χ1v) is 5.81. The summed E-state index contributed by atoms with van der Waals surface area (Å²) < 4.78 is 65.5. The smallest absolute Gasteiger partial charge is 0.200 e. The Morgan fingerprint density at radius 3 is 1.58 bits per heavy atom. The summed E-state index contributed by atoms with van der Waals surface area (Å²) in [5.74, 6) is -9.89. The maximum Gasteiger partial charge on any atom is 0.200 e. The lowest BCUT2D eigenvalue weighted by Gasteiger charge is -2.27. The van der Waals surface area contributed by atoms with E-state index in [0.717, 1.165) is 0 Å². The third-order valence-electron chi connectivity index (χ3n) is 3.24. The van der Waals surface area contributed by atoms with Crippen LogP contribution >= 0.6 is 0 Å². The fourth-order valence-corrected chi connectivity index (χ4v) is 1.52. The molecule has 2 nitrogen and oxygen atoms in total. The lowest BCUT2D eigenvalue weighted by molar-refractivity contribution is 0.377. The van der Waals surface area contributed by atoms with Gasteiger partial charge in [0, 0.05) is 12.1 Å². The van der Waals surface area contributed by atoms with Gasteiger partial charge in [0.25, 0.3) is 0 Å². The first-order chi connectivity index (χ1) is 8.77. The molecule has 0 aliphatic carbocycles. The van der Waals surface area contributed by atoms with Crippen LogP contribution < -0.4 is 11.1 Å². The Bertz CT molecular complexity index is 443. The van der Waals surface area contributed by atoms with Crippen molar-refractivity contribution >= 4 is 5.69 Å². The van der Waals surface area contributed by atoms with Crippen molar-refractivity contribution in [2.75, 3.05) is 11.9 Å². The number of benzene rings is 1. The van der Waals surface area contributed by atoms with E-state index in [-0.39, 0.29) is 6.54 Å². The Morgan fingerprint density at radius 2 is 1.21 bits per heavy atom. The molecule has 0 bridgehead atoms. The quantitative estimate of drug-likeness (QED) is 0.494. The van der Waals surface area contributed by atoms with E-state index in [9.17, 15) is 22.0 Å². The van der Waals surface area contributed by atoms with Gasteiger partial charge in [-0.25, -0.2) is 22.0 Å². The topological polar surface area (TPSA) is 38.0 Å². The van der Waals surface area contributed by atoms with E-state index in [1.807, 2.05) is 0 Å². The van der Waals surface area contributed by atoms with Gasteiger partial charge in [0.2, 0.25) is 5.82 Å². The number of anilines is 1. The van der Waals surface area contributed by atoms with Gasteiger partial charge in [-0.1, -0.05) is 13.8 Å². The molecule has 7 heteroatoms. The summed E-state index contributed by atoms with van der Waals surface area (Å²) in [6, 6.07) is 0. The lowest BCUT2D eigenvalue weighted by Crippen LogP contribution is -2.45. The van der Waals surface area contributed by atoms with Crippen molar-refractivity contribution in [1.82, 2.24) is 0 Å². The predicted octanol–water partition coefficient (Wildman–Crippen LogP) is 3.31. The van der Waals surface area contributed by atoms with Gasteiger partial charge in [-0.3, -0.25) is 0 Å². The molecule has 0 radical (unpaired) electrons. The number of nitrogens with one attached hydrogen (secondary N) is 1. The maximum atomic E-state index is 13.4. The fourth-order valence-electron chi connectivity index (χ4n) is 1.52. The zero-order chi connectivity index (χ0) is 14.8. The van der Waals surface area contributed by atoms with Crippen LogP contribution in [0.1, 0.15) is 26.7 Å². The lowest BCUT2D eigenvalue weighted by atomic mass is 9.94. The van der Waals surface area contributed by atoms with Gasteiger partial charge in [0.05, 0.1) is 0 Å². The van der Waals surface area contributed by atoms with E-state index in [4.69, 9.17) is 5.73 Å². The third-order valence-corrected chi connectivity index (χ3v) is 3.24. The highest BCUT2D eigenvalue weighted by Gasteiger charge is 2.27. The number of nitrogens with two attached hydrogens (primary N) is 1. The molecule has 0 amide bonds. The van der Waals surface area contributed by atoms with Gasteiger partial charge in [-0.2, -0.15) is 0 Å². The molecule has 0 saturated carbocycles. The molecule has 1 aromatic carbocycles. The second-order valence-corrected chi connectivity index (χ2v) is 4.37. The monoisotopic (exact) mass is 282 g/mol. The van der Waals surface area contributed by atoms with Crippen LogP contribution in [0.5, 0.6) is 0 Å². The summed E-state index contributed by atoms with van der Waals surface area (Å²) in [5, 5.41) is 2.21. The van der Waals surface area contributed by atoms with Crippen molar-refractivity contribution < 1.29 is 22.0 Å². The number of hydrogen-bond donors (Lipinski definition) is 2. The first kappa shape index (κ1) is 15.7. The highest BCUT2D eigenvalue weighted by atomic mass is 19.2. The molecule has 1 rings (SSSR count). The molecule has 3 N–H and O–H groups in total. The average Bonchev–Trinajstić information content (AvgIpc) is 2.42. The summed E-state index contributed by atoms with van der Waals surface area (Å²) in [5.41, 5.74) is 4.06. The minimum atomic E-state index is -2.18. The maximum absolute atomic E-state index is 13.4. The summed E-state index contributed by atoms with van der Waals surface area (Å²) in [4.78, 5) is 0. The van der Waals surface area contributed by atoms with Crippen LogP contribution in [0.25, 0.3) is 0 Å². The second kappa shape index (κ2) is 5.73. The highest BCUT2D eigenvalue weighted by molar-refractivity contribution is 5.48. The minimum Gasteiger partial charge on any atom is -0.378 e. The molecule has 0 aliphatic rings. The Morgan fingerprint density at radius 1 is 0.842 bits per heavy atom. The van der Waals surface area contributed by atoms with Crippen molar-refractivity contribution in [3.63, 3.8) is 0 Å². The highest BCUT2D eigenvalue weighted by Crippen LogP contribution is 2.27. The Kier molecular flexibility index (Phi) is 4.73. The van der Waals surface area contributed by atoms with Crippen LogP contribution in [-0.2, 0) is 0 Å². The van der Waals surface area contributed by atoms with E-state index in [1.165, 1.54) is 0 Å². The van der Waals surface area contributed by atoms with Crippen molar-refractivity contribution in [2.45, 2.75) is 32.2 Å². The molecule has 0 unspecified atom stereocenters. The van der Waals surface area contributed by atoms with Gasteiger partial charge < -0.3 is 11.1 Å². The molecule has 0 saturated heterocycles. The third kappa shape index (κ3) is 2.97. The predicted molar refractivity (Wildman–Crippen MR) is 62.2 cm³/mol. The van der Waals surface area contributed by atoms with Crippen LogP contribution in [-0.4, -0.2) is 12.1 Å². The molecule has 0 spiro atoms. The molecule has 0 atom stereocenters. The van der Waals surface area contributed by atoms with Crippen LogP contribution in [0.2, 0.25) is 0 Å².